The summed E-state index contributed by atoms with van der Waals surface area (Å²) < 4.78 is 36.5. The third-order valence-electron chi connectivity index (χ3n) is 4.72. The summed E-state index contributed by atoms with van der Waals surface area (Å²) in [7, 11) is 0.734. The number of methoxy groups -OCH3 is 2. The molecular weight excluding hydrogens is 380 g/mol. The van der Waals surface area contributed by atoms with Gasteiger partial charge in [0.05, 0.1) is 31.2 Å². The SMILES string of the molecule is CCS(=O)(=O)N(C)c1cc(OC)c(OC)cc1C(=O)Nc1cccc(C)c1C. The first-order chi connectivity index (χ1) is 13.2. The van der Waals surface area contributed by atoms with E-state index in [0.717, 1.165) is 15.4 Å². The highest BCUT2D eigenvalue weighted by Crippen LogP contribution is 2.36. The Kier molecular flexibility index (Phi) is 6.56. The monoisotopic (exact) mass is 406 g/mol. The van der Waals surface area contributed by atoms with E-state index in [9.17, 15) is 13.2 Å². The number of ether oxygens (including phenoxy) is 2. The van der Waals surface area contributed by atoms with Crippen molar-refractivity contribution in [3.05, 3.63) is 47.0 Å². The molecular formula is C20H26N2O5S. The molecule has 8 heteroatoms. The number of anilines is 2. The van der Waals surface area contributed by atoms with Crippen LogP contribution in [0.5, 0.6) is 11.5 Å². The molecule has 152 valence electrons. The van der Waals surface area contributed by atoms with Crippen LogP contribution in [-0.2, 0) is 10.0 Å². The van der Waals surface area contributed by atoms with E-state index in [4.69, 9.17) is 9.47 Å². The molecule has 0 saturated heterocycles. The zero-order chi connectivity index (χ0) is 21.1. The predicted molar refractivity (Wildman–Crippen MR) is 111 cm³/mol. The Hall–Kier alpha value is -2.74. The van der Waals surface area contributed by atoms with Crippen molar-refractivity contribution in [1.82, 2.24) is 0 Å². The molecule has 1 N–H and O–H groups in total. The van der Waals surface area contributed by atoms with Crippen LogP contribution in [0.3, 0.4) is 0 Å². The lowest BCUT2D eigenvalue weighted by atomic mass is 10.1. The Bertz CT molecular complexity index is 986. The second-order valence-corrected chi connectivity index (χ2v) is 8.58. The first kappa shape index (κ1) is 21.6. The highest BCUT2D eigenvalue weighted by Gasteiger charge is 2.25. The number of aryl methyl sites for hydroxylation is 1. The van der Waals surface area contributed by atoms with Crippen molar-refractivity contribution in [2.24, 2.45) is 0 Å². The summed E-state index contributed by atoms with van der Waals surface area (Å²) >= 11 is 0. The van der Waals surface area contributed by atoms with E-state index < -0.39 is 15.9 Å². The first-order valence-electron chi connectivity index (χ1n) is 8.76. The van der Waals surface area contributed by atoms with Crippen LogP contribution in [0.25, 0.3) is 0 Å². The van der Waals surface area contributed by atoms with E-state index in [-0.39, 0.29) is 17.0 Å². The Morgan fingerprint density at radius 3 is 2.29 bits per heavy atom. The van der Waals surface area contributed by atoms with Crippen molar-refractivity contribution in [3.8, 4) is 11.5 Å². The summed E-state index contributed by atoms with van der Waals surface area (Å²) in [6.07, 6.45) is 0. The molecule has 0 radical (unpaired) electrons. The molecule has 7 nitrogen and oxygen atoms in total. The van der Waals surface area contributed by atoms with Crippen LogP contribution >= 0.6 is 0 Å². The van der Waals surface area contributed by atoms with Crippen LogP contribution in [-0.4, -0.2) is 41.3 Å². The van der Waals surface area contributed by atoms with Crippen molar-refractivity contribution < 1.29 is 22.7 Å². The number of rotatable bonds is 7. The Morgan fingerprint density at radius 2 is 1.71 bits per heavy atom. The van der Waals surface area contributed by atoms with Gasteiger partial charge in [-0.05, 0) is 44.0 Å². The van der Waals surface area contributed by atoms with E-state index >= 15 is 0 Å². The lowest BCUT2D eigenvalue weighted by Gasteiger charge is -2.23. The van der Waals surface area contributed by atoms with Crippen LogP contribution in [0.4, 0.5) is 11.4 Å². The van der Waals surface area contributed by atoms with E-state index in [0.29, 0.717) is 17.2 Å². The van der Waals surface area contributed by atoms with Gasteiger partial charge in [0.1, 0.15) is 0 Å². The van der Waals surface area contributed by atoms with Gasteiger partial charge >= 0.3 is 0 Å². The molecule has 0 aliphatic rings. The summed E-state index contributed by atoms with van der Waals surface area (Å²) in [6, 6.07) is 8.57. The molecule has 0 unspecified atom stereocenters. The maximum atomic E-state index is 13.1. The molecule has 1 amide bonds. The van der Waals surface area contributed by atoms with Crippen molar-refractivity contribution in [1.29, 1.82) is 0 Å². The average molecular weight is 407 g/mol. The lowest BCUT2D eigenvalue weighted by molar-refractivity contribution is 0.102. The van der Waals surface area contributed by atoms with Gasteiger partial charge < -0.3 is 14.8 Å². The number of carbonyl (C=O) groups is 1. The lowest BCUT2D eigenvalue weighted by Crippen LogP contribution is -2.30. The summed E-state index contributed by atoms with van der Waals surface area (Å²) in [5.74, 6) is 0.122. The largest absolute Gasteiger partial charge is 0.493 e. The molecule has 0 heterocycles. The van der Waals surface area contributed by atoms with Crippen molar-refractivity contribution >= 4 is 27.3 Å². The Balaban J connectivity index is 2.60. The van der Waals surface area contributed by atoms with Crippen molar-refractivity contribution in [2.75, 3.05) is 36.6 Å². The van der Waals surface area contributed by atoms with Gasteiger partial charge in [-0.1, -0.05) is 12.1 Å². The molecule has 28 heavy (non-hydrogen) atoms. The minimum Gasteiger partial charge on any atom is -0.493 e. The Morgan fingerprint density at radius 1 is 1.11 bits per heavy atom. The second kappa shape index (κ2) is 8.52. The fourth-order valence-corrected chi connectivity index (χ4v) is 3.57. The standard InChI is InChI=1S/C20H26N2O5S/c1-7-28(24,25)22(4)17-12-19(27-6)18(26-5)11-15(17)20(23)21-16-10-8-9-13(2)14(16)3/h8-12H,7H2,1-6H3,(H,21,23). The Labute approximate surface area is 166 Å². The normalized spacial score (nSPS) is 11.1. The fourth-order valence-electron chi connectivity index (χ4n) is 2.73. The van der Waals surface area contributed by atoms with Gasteiger partial charge in [-0.25, -0.2) is 8.42 Å². The summed E-state index contributed by atoms with van der Waals surface area (Å²) in [5, 5.41) is 2.86. The molecule has 0 aliphatic heterocycles. The third kappa shape index (κ3) is 4.22. The summed E-state index contributed by atoms with van der Waals surface area (Å²) in [6.45, 7) is 5.41. The minimum atomic E-state index is -3.58. The van der Waals surface area contributed by atoms with Crippen LogP contribution in [0.1, 0.15) is 28.4 Å². The van der Waals surface area contributed by atoms with Gasteiger partial charge in [0.15, 0.2) is 11.5 Å². The number of carbonyl (C=O) groups excluding carboxylic acids is 1. The van der Waals surface area contributed by atoms with Gasteiger partial charge in [-0.15, -0.1) is 0 Å². The number of benzene rings is 2. The summed E-state index contributed by atoms with van der Waals surface area (Å²) in [4.78, 5) is 13.1. The average Bonchev–Trinajstić information content (AvgIpc) is 2.69. The molecule has 0 saturated carbocycles. The zero-order valence-corrected chi connectivity index (χ0v) is 17.8. The van der Waals surface area contributed by atoms with Gasteiger partial charge in [0, 0.05) is 18.8 Å². The number of nitrogens with zero attached hydrogens (tertiary/aromatic N) is 1. The summed E-state index contributed by atoms with van der Waals surface area (Å²) in [5.41, 5.74) is 3.01. The zero-order valence-electron chi connectivity index (χ0n) is 17.0. The van der Waals surface area contributed by atoms with Gasteiger partial charge in [-0.2, -0.15) is 0 Å². The molecule has 0 aliphatic carbocycles. The van der Waals surface area contributed by atoms with E-state index in [1.165, 1.54) is 33.4 Å². The number of nitrogens with one attached hydrogen (secondary N) is 1. The van der Waals surface area contributed by atoms with Crippen molar-refractivity contribution in [3.63, 3.8) is 0 Å². The van der Waals surface area contributed by atoms with Gasteiger partial charge in [0.2, 0.25) is 10.0 Å². The molecule has 0 bridgehead atoms. The van der Waals surface area contributed by atoms with Crippen LogP contribution in [0.15, 0.2) is 30.3 Å². The van der Waals surface area contributed by atoms with E-state index in [1.807, 2.05) is 26.0 Å². The topological polar surface area (TPSA) is 84.9 Å². The molecule has 2 aromatic carbocycles. The third-order valence-corrected chi connectivity index (χ3v) is 6.48. The number of hydrogen-bond donors (Lipinski definition) is 1. The van der Waals surface area contributed by atoms with Crippen LogP contribution < -0.4 is 19.1 Å². The van der Waals surface area contributed by atoms with Gasteiger partial charge in [0.25, 0.3) is 5.91 Å². The molecule has 2 rings (SSSR count). The first-order valence-corrected chi connectivity index (χ1v) is 10.4. The predicted octanol–water partition coefficient (Wildman–Crippen LogP) is 3.36. The van der Waals surface area contributed by atoms with Crippen LogP contribution in [0.2, 0.25) is 0 Å². The maximum Gasteiger partial charge on any atom is 0.257 e. The number of hydrogen-bond acceptors (Lipinski definition) is 5. The molecule has 0 aromatic heterocycles. The highest BCUT2D eigenvalue weighted by atomic mass is 32.2. The highest BCUT2D eigenvalue weighted by molar-refractivity contribution is 7.92. The maximum absolute atomic E-state index is 13.1. The smallest absolute Gasteiger partial charge is 0.257 e. The van der Waals surface area contributed by atoms with E-state index in [1.54, 1.807) is 13.0 Å². The fraction of sp³-hybridized carbons (Fsp3) is 0.350. The molecule has 2 aromatic rings. The molecule has 0 fully saturated rings. The van der Waals surface area contributed by atoms with Crippen LogP contribution in [0, 0.1) is 13.8 Å². The van der Waals surface area contributed by atoms with Crippen molar-refractivity contribution in [2.45, 2.75) is 20.8 Å². The molecule has 0 spiro atoms. The minimum absolute atomic E-state index is 0.101. The second-order valence-electron chi connectivity index (χ2n) is 6.29. The quantitative estimate of drug-likeness (QED) is 0.762. The number of sulfonamides is 1. The van der Waals surface area contributed by atoms with Gasteiger partial charge in [-0.3, -0.25) is 9.10 Å². The number of amides is 1. The van der Waals surface area contributed by atoms with E-state index in [2.05, 4.69) is 5.32 Å². The molecule has 0 atom stereocenters.